The van der Waals surface area contributed by atoms with E-state index in [-0.39, 0.29) is 15.8 Å². The zero-order valence-corrected chi connectivity index (χ0v) is 14.2. The first-order chi connectivity index (χ1) is 11.9. The smallest absolute Gasteiger partial charge is 0.405 e. The minimum atomic E-state index is -3.64. The second-order valence-electron chi connectivity index (χ2n) is 8.18. The molecule has 6 fully saturated rings. The van der Waals surface area contributed by atoms with Gasteiger partial charge in [0.2, 0.25) is 0 Å². The van der Waals surface area contributed by atoms with Crippen molar-refractivity contribution in [3.63, 3.8) is 0 Å². The maximum Gasteiger partial charge on any atom is 0.405 e. The van der Waals surface area contributed by atoms with Gasteiger partial charge in [-0.3, -0.25) is 0 Å². The molecule has 8 heteroatoms. The molecule has 0 aromatic heterocycles. The van der Waals surface area contributed by atoms with Crippen molar-refractivity contribution in [1.82, 2.24) is 10.1 Å². The van der Waals surface area contributed by atoms with Gasteiger partial charge in [-0.25, -0.2) is 9.63 Å². The number of sulfonamides is 1. The van der Waals surface area contributed by atoms with E-state index in [2.05, 4.69) is 15.2 Å². The van der Waals surface area contributed by atoms with Gasteiger partial charge in [0, 0.05) is 11.6 Å². The quantitative estimate of drug-likeness (QED) is 0.539. The molecule has 7 nitrogen and oxygen atoms in total. The van der Waals surface area contributed by atoms with E-state index in [1.807, 2.05) is 6.92 Å². The van der Waals surface area contributed by atoms with Crippen molar-refractivity contribution in [2.75, 3.05) is 0 Å². The molecule has 0 heterocycles. The fourth-order valence-corrected chi connectivity index (χ4v) is 8.07. The highest BCUT2D eigenvalue weighted by atomic mass is 32.2. The fraction of sp³-hybridized carbons (Fsp3) is 0.529. The third-order valence-electron chi connectivity index (χ3n) is 7.82. The molecule has 1 aromatic rings. The number of amides is 1. The fourth-order valence-electron chi connectivity index (χ4n) is 7.28. The number of hydrogen-bond acceptors (Lipinski definition) is 4. The molecule has 7 rings (SSSR count). The molecular formula is C17H17N3O4S. The standard InChI is InChI=1S/C17H17N3O4S/c1-7-2-4-8(5-3-7)25(23,24)20-18-6-16-9-12-10(16)14-11(16)13(9)17(12,14)19-15(21)22/h2-6,9-14,19-20H,1H3,(H,21,22). The van der Waals surface area contributed by atoms with Crippen LogP contribution in [0.5, 0.6) is 0 Å². The highest BCUT2D eigenvalue weighted by molar-refractivity contribution is 7.89. The van der Waals surface area contributed by atoms with Crippen LogP contribution in [0.25, 0.3) is 0 Å². The molecule has 0 unspecified atom stereocenters. The summed E-state index contributed by atoms with van der Waals surface area (Å²) >= 11 is 0. The Morgan fingerprint density at radius 1 is 1.12 bits per heavy atom. The molecule has 1 amide bonds. The Bertz CT molecular complexity index is 915. The van der Waals surface area contributed by atoms with Gasteiger partial charge in [0.1, 0.15) is 0 Å². The van der Waals surface area contributed by atoms with E-state index < -0.39 is 16.1 Å². The SMILES string of the molecule is Cc1ccc(S(=O)(=O)NN=CC23C4C5C2C2C3C4C52NC(=O)O)cc1. The van der Waals surface area contributed by atoms with Gasteiger partial charge in [0.05, 0.1) is 10.4 Å². The molecule has 0 radical (unpaired) electrons. The number of hydrazone groups is 1. The minimum absolute atomic E-state index is 0.0394. The second kappa shape index (κ2) is 3.70. The van der Waals surface area contributed by atoms with E-state index in [4.69, 9.17) is 5.11 Å². The number of aryl methyl sites for hydroxylation is 1. The molecule has 3 N–H and O–H groups in total. The molecule has 6 aliphatic carbocycles. The number of carbonyl (C=O) groups is 1. The molecular weight excluding hydrogens is 342 g/mol. The van der Waals surface area contributed by atoms with Crippen molar-refractivity contribution >= 4 is 22.3 Å². The monoisotopic (exact) mass is 359 g/mol. The first-order valence-electron chi connectivity index (χ1n) is 8.49. The zero-order valence-electron chi connectivity index (χ0n) is 13.4. The lowest BCUT2D eigenvalue weighted by atomic mass is 8.94. The molecule has 25 heavy (non-hydrogen) atoms. The first kappa shape index (κ1) is 14.1. The van der Waals surface area contributed by atoms with Crippen LogP contribution >= 0.6 is 0 Å². The summed E-state index contributed by atoms with van der Waals surface area (Å²) < 4.78 is 24.6. The van der Waals surface area contributed by atoms with Crippen molar-refractivity contribution in [1.29, 1.82) is 0 Å². The number of carboxylic acid groups (broad SMARTS) is 1. The van der Waals surface area contributed by atoms with E-state index in [1.54, 1.807) is 30.5 Å². The van der Waals surface area contributed by atoms with Gasteiger partial charge < -0.3 is 10.4 Å². The van der Waals surface area contributed by atoms with Crippen LogP contribution < -0.4 is 10.1 Å². The van der Waals surface area contributed by atoms with Crippen molar-refractivity contribution < 1.29 is 18.3 Å². The molecule has 0 saturated heterocycles. The van der Waals surface area contributed by atoms with E-state index in [1.165, 1.54) is 0 Å². The van der Waals surface area contributed by atoms with Crippen molar-refractivity contribution in [2.24, 2.45) is 46.0 Å². The summed E-state index contributed by atoms with van der Waals surface area (Å²) in [6.45, 7) is 1.90. The summed E-state index contributed by atoms with van der Waals surface area (Å²) in [5.74, 6) is 2.82. The molecule has 1 aromatic carbocycles. The summed E-state index contributed by atoms with van der Waals surface area (Å²) in [4.78, 5) is 13.5. The van der Waals surface area contributed by atoms with Gasteiger partial charge in [-0.2, -0.15) is 13.5 Å². The lowest BCUT2D eigenvalue weighted by Crippen LogP contribution is -3.15. The van der Waals surface area contributed by atoms with Gasteiger partial charge in [0.15, 0.2) is 0 Å². The number of nitrogens with one attached hydrogen (secondary N) is 2. The number of hydrogen-bond donors (Lipinski definition) is 3. The molecule has 130 valence electrons. The molecule has 6 saturated carbocycles. The molecule has 0 bridgehead atoms. The average molecular weight is 359 g/mol. The van der Waals surface area contributed by atoms with Crippen molar-refractivity contribution in [3.8, 4) is 0 Å². The number of nitrogens with zero attached hydrogens (tertiary/aromatic N) is 1. The Hall–Kier alpha value is -2.09. The lowest BCUT2D eigenvalue weighted by molar-refractivity contribution is -0.601. The van der Waals surface area contributed by atoms with Crippen LogP contribution in [0.15, 0.2) is 34.3 Å². The van der Waals surface area contributed by atoms with Crippen LogP contribution in [0, 0.1) is 47.8 Å². The van der Waals surface area contributed by atoms with Crippen LogP contribution in [0.2, 0.25) is 0 Å². The van der Waals surface area contributed by atoms with Gasteiger partial charge in [0.25, 0.3) is 10.0 Å². The topological polar surface area (TPSA) is 108 Å². The average Bonchev–Trinajstić information content (AvgIpc) is 2.57. The normalized spacial score (nSPS) is 49.0. The zero-order chi connectivity index (χ0) is 17.4. The summed E-state index contributed by atoms with van der Waals surface area (Å²) in [5.41, 5.74) is 0.902. The van der Waals surface area contributed by atoms with Gasteiger partial charge in [-0.15, -0.1) is 0 Å². The van der Waals surface area contributed by atoms with Crippen LogP contribution in [0.1, 0.15) is 5.56 Å². The second-order valence-corrected chi connectivity index (χ2v) is 9.84. The minimum Gasteiger partial charge on any atom is -0.465 e. The van der Waals surface area contributed by atoms with Crippen LogP contribution in [0.4, 0.5) is 4.79 Å². The first-order valence-corrected chi connectivity index (χ1v) is 9.98. The molecule has 0 aliphatic heterocycles. The van der Waals surface area contributed by atoms with E-state index in [9.17, 15) is 13.2 Å². The van der Waals surface area contributed by atoms with Crippen LogP contribution in [-0.2, 0) is 10.0 Å². The van der Waals surface area contributed by atoms with Gasteiger partial charge >= 0.3 is 6.09 Å². The molecule has 0 atom stereocenters. The maximum atomic E-state index is 12.3. The largest absolute Gasteiger partial charge is 0.465 e. The highest BCUT2D eigenvalue weighted by Gasteiger charge is 3.10. The Balaban J connectivity index is 1.17. The third-order valence-corrected chi connectivity index (χ3v) is 9.06. The molecule has 6 aliphatic rings. The van der Waals surface area contributed by atoms with E-state index in [0.29, 0.717) is 35.5 Å². The van der Waals surface area contributed by atoms with E-state index in [0.717, 1.165) is 5.56 Å². The Morgan fingerprint density at radius 3 is 2.20 bits per heavy atom. The van der Waals surface area contributed by atoms with Crippen LogP contribution in [0.3, 0.4) is 0 Å². The lowest BCUT2D eigenvalue weighted by Gasteiger charge is -3.10. The summed E-state index contributed by atoms with van der Waals surface area (Å²) in [6, 6.07) is 6.65. The molecule has 0 spiro atoms. The van der Waals surface area contributed by atoms with Gasteiger partial charge in [-0.1, -0.05) is 17.7 Å². The maximum absolute atomic E-state index is 12.3. The number of rotatable bonds is 5. The predicted molar refractivity (Wildman–Crippen MR) is 87.3 cm³/mol. The summed E-state index contributed by atoms with van der Waals surface area (Å²) in [6.07, 6.45) is 0.871. The Morgan fingerprint density at radius 2 is 1.68 bits per heavy atom. The summed E-state index contributed by atoms with van der Waals surface area (Å²) in [5, 5.41) is 15.8. The van der Waals surface area contributed by atoms with Crippen LogP contribution in [-0.4, -0.2) is 31.4 Å². The Kier molecular flexibility index (Phi) is 2.09. The van der Waals surface area contributed by atoms with Gasteiger partial charge in [-0.05, 0) is 54.6 Å². The van der Waals surface area contributed by atoms with Crippen molar-refractivity contribution in [2.45, 2.75) is 17.4 Å². The summed E-state index contributed by atoms with van der Waals surface area (Å²) in [7, 11) is -3.64. The highest BCUT2D eigenvalue weighted by Crippen LogP contribution is 3.06. The third kappa shape index (κ3) is 1.15. The number of benzene rings is 1. The van der Waals surface area contributed by atoms with Crippen molar-refractivity contribution in [3.05, 3.63) is 29.8 Å². The Labute approximate surface area is 144 Å². The predicted octanol–water partition coefficient (Wildman–Crippen LogP) is 1.02. The van der Waals surface area contributed by atoms with E-state index >= 15 is 0 Å².